The highest BCUT2D eigenvalue weighted by molar-refractivity contribution is 6.04. The molecule has 0 aliphatic heterocycles. The number of benzene rings is 2. The molecule has 0 spiro atoms. The highest BCUT2D eigenvalue weighted by atomic mass is 35.5. The van der Waals surface area contributed by atoms with Crippen molar-refractivity contribution < 1.29 is 9.53 Å². The van der Waals surface area contributed by atoms with E-state index in [1.165, 1.54) is 25.7 Å². The summed E-state index contributed by atoms with van der Waals surface area (Å²) in [5.41, 5.74) is 9.12. The van der Waals surface area contributed by atoms with Gasteiger partial charge in [-0.05, 0) is 48.2 Å². The van der Waals surface area contributed by atoms with Crippen molar-refractivity contribution in [1.29, 1.82) is 0 Å². The minimum atomic E-state index is -0.117. The SMILES string of the molecule is Cl.NCc1ccc(C(=O)Nc2ccc(COC3CCCC3)cc2)cc1. The Morgan fingerprint density at radius 2 is 1.60 bits per heavy atom. The zero-order valence-electron chi connectivity index (χ0n) is 14.2. The maximum atomic E-state index is 12.2. The van der Waals surface area contributed by atoms with E-state index in [1.807, 2.05) is 36.4 Å². The highest BCUT2D eigenvalue weighted by Gasteiger charge is 2.15. The molecule has 2 aromatic rings. The fraction of sp³-hybridized carbons (Fsp3) is 0.350. The van der Waals surface area contributed by atoms with Crippen molar-refractivity contribution in [3.05, 3.63) is 65.2 Å². The highest BCUT2D eigenvalue weighted by Crippen LogP contribution is 2.22. The molecule has 1 amide bonds. The molecule has 0 heterocycles. The Bertz CT molecular complexity index is 665. The van der Waals surface area contributed by atoms with Crippen LogP contribution in [0, 0.1) is 0 Å². The molecular formula is C20H25ClN2O2. The molecular weight excluding hydrogens is 336 g/mol. The Morgan fingerprint density at radius 1 is 1.00 bits per heavy atom. The Labute approximate surface area is 155 Å². The molecule has 5 heteroatoms. The van der Waals surface area contributed by atoms with Crippen molar-refractivity contribution in [3.63, 3.8) is 0 Å². The zero-order chi connectivity index (χ0) is 16.8. The van der Waals surface area contributed by atoms with Gasteiger partial charge in [-0.15, -0.1) is 12.4 Å². The van der Waals surface area contributed by atoms with Crippen molar-refractivity contribution in [1.82, 2.24) is 0 Å². The lowest BCUT2D eigenvalue weighted by atomic mass is 10.1. The van der Waals surface area contributed by atoms with Gasteiger partial charge in [-0.2, -0.15) is 0 Å². The summed E-state index contributed by atoms with van der Waals surface area (Å²) in [6, 6.07) is 15.2. The molecule has 3 rings (SSSR count). The number of ether oxygens (including phenoxy) is 1. The fourth-order valence-electron chi connectivity index (χ4n) is 2.95. The van der Waals surface area contributed by atoms with E-state index >= 15 is 0 Å². The molecule has 1 aliphatic rings. The third-order valence-electron chi connectivity index (χ3n) is 4.45. The molecule has 1 saturated carbocycles. The number of anilines is 1. The van der Waals surface area contributed by atoms with Crippen molar-refractivity contribution in [3.8, 4) is 0 Å². The fourth-order valence-corrected chi connectivity index (χ4v) is 2.95. The molecule has 1 aliphatic carbocycles. The average molecular weight is 361 g/mol. The third-order valence-corrected chi connectivity index (χ3v) is 4.45. The van der Waals surface area contributed by atoms with Crippen LogP contribution in [0.1, 0.15) is 47.2 Å². The number of amides is 1. The van der Waals surface area contributed by atoms with E-state index in [9.17, 15) is 4.79 Å². The van der Waals surface area contributed by atoms with Gasteiger partial charge in [0.15, 0.2) is 0 Å². The standard InChI is InChI=1S/C20H24N2O2.ClH/c21-13-15-5-9-17(10-6-15)20(23)22-18-11-7-16(8-12-18)14-24-19-3-1-2-4-19;/h5-12,19H,1-4,13-14,21H2,(H,22,23);1H. The maximum Gasteiger partial charge on any atom is 0.255 e. The molecule has 0 saturated heterocycles. The first kappa shape index (κ1) is 19.4. The first-order chi connectivity index (χ1) is 11.7. The quantitative estimate of drug-likeness (QED) is 0.808. The lowest BCUT2D eigenvalue weighted by molar-refractivity contribution is 0.0457. The second kappa shape index (κ2) is 9.56. The Hall–Kier alpha value is -1.88. The van der Waals surface area contributed by atoms with E-state index < -0.39 is 0 Å². The number of carbonyl (C=O) groups is 1. The Balaban J connectivity index is 0.00000225. The van der Waals surface area contributed by atoms with Crippen LogP contribution < -0.4 is 11.1 Å². The monoisotopic (exact) mass is 360 g/mol. The summed E-state index contributed by atoms with van der Waals surface area (Å²) in [4.78, 5) is 12.2. The van der Waals surface area contributed by atoms with E-state index in [-0.39, 0.29) is 18.3 Å². The molecule has 3 N–H and O–H groups in total. The molecule has 134 valence electrons. The van der Waals surface area contributed by atoms with Gasteiger partial charge in [0.1, 0.15) is 0 Å². The first-order valence-corrected chi connectivity index (χ1v) is 8.55. The van der Waals surface area contributed by atoms with Gasteiger partial charge in [-0.3, -0.25) is 4.79 Å². The number of carbonyl (C=O) groups excluding carboxylic acids is 1. The van der Waals surface area contributed by atoms with Crippen LogP contribution in [0.5, 0.6) is 0 Å². The van der Waals surface area contributed by atoms with Gasteiger partial charge in [-0.25, -0.2) is 0 Å². The molecule has 2 aromatic carbocycles. The van der Waals surface area contributed by atoms with Crippen LogP contribution in [0.2, 0.25) is 0 Å². The summed E-state index contributed by atoms with van der Waals surface area (Å²) in [7, 11) is 0. The van der Waals surface area contributed by atoms with E-state index in [1.54, 1.807) is 12.1 Å². The van der Waals surface area contributed by atoms with Crippen LogP contribution >= 0.6 is 12.4 Å². The number of nitrogens with one attached hydrogen (secondary N) is 1. The molecule has 0 atom stereocenters. The van der Waals surface area contributed by atoms with Gasteiger partial charge in [0.05, 0.1) is 12.7 Å². The lowest BCUT2D eigenvalue weighted by Gasteiger charge is -2.11. The minimum Gasteiger partial charge on any atom is -0.374 e. The zero-order valence-corrected chi connectivity index (χ0v) is 15.1. The second-order valence-corrected chi connectivity index (χ2v) is 6.27. The summed E-state index contributed by atoms with van der Waals surface area (Å²) in [6.07, 6.45) is 5.33. The Morgan fingerprint density at radius 3 is 2.20 bits per heavy atom. The summed E-state index contributed by atoms with van der Waals surface area (Å²) in [6.45, 7) is 1.12. The number of nitrogens with two attached hydrogens (primary N) is 1. The number of hydrogen-bond acceptors (Lipinski definition) is 3. The van der Waals surface area contributed by atoms with Crippen LogP contribution in [0.4, 0.5) is 5.69 Å². The van der Waals surface area contributed by atoms with Crippen LogP contribution in [0.3, 0.4) is 0 Å². The molecule has 0 radical (unpaired) electrons. The molecule has 0 unspecified atom stereocenters. The third kappa shape index (κ3) is 5.56. The predicted molar refractivity (Wildman–Crippen MR) is 103 cm³/mol. The summed E-state index contributed by atoms with van der Waals surface area (Å²) in [5.74, 6) is -0.117. The van der Waals surface area contributed by atoms with Gasteiger partial charge in [0.25, 0.3) is 5.91 Å². The number of hydrogen-bond donors (Lipinski definition) is 2. The Kier molecular flexibility index (Phi) is 7.44. The van der Waals surface area contributed by atoms with Gasteiger partial charge in [0.2, 0.25) is 0 Å². The smallest absolute Gasteiger partial charge is 0.255 e. The van der Waals surface area contributed by atoms with Crippen molar-refractivity contribution >= 4 is 24.0 Å². The first-order valence-electron chi connectivity index (χ1n) is 8.55. The van der Waals surface area contributed by atoms with Crippen molar-refractivity contribution in [2.45, 2.75) is 44.9 Å². The second-order valence-electron chi connectivity index (χ2n) is 6.27. The molecule has 1 fully saturated rings. The van der Waals surface area contributed by atoms with Crippen molar-refractivity contribution in [2.24, 2.45) is 5.73 Å². The van der Waals surface area contributed by atoms with Crippen LogP contribution in [0.25, 0.3) is 0 Å². The number of halogens is 1. The van der Waals surface area contributed by atoms with Crippen molar-refractivity contribution in [2.75, 3.05) is 5.32 Å². The normalized spacial score (nSPS) is 14.1. The van der Waals surface area contributed by atoms with Gasteiger partial charge >= 0.3 is 0 Å². The van der Waals surface area contributed by atoms with E-state index in [4.69, 9.17) is 10.5 Å². The largest absolute Gasteiger partial charge is 0.374 e. The predicted octanol–water partition coefficient (Wildman–Crippen LogP) is 4.28. The van der Waals surface area contributed by atoms with Crippen LogP contribution in [-0.2, 0) is 17.9 Å². The summed E-state index contributed by atoms with van der Waals surface area (Å²) < 4.78 is 5.90. The summed E-state index contributed by atoms with van der Waals surface area (Å²) >= 11 is 0. The van der Waals surface area contributed by atoms with Gasteiger partial charge < -0.3 is 15.8 Å². The van der Waals surface area contributed by atoms with Crippen LogP contribution in [0.15, 0.2) is 48.5 Å². The maximum absolute atomic E-state index is 12.2. The van der Waals surface area contributed by atoms with Crippen LogP contribution in [-0.4, -0.2) is 12.0 Å². The lowest BCUT2D eigenvalue weighted by Crippen LogP contribution is -2.12. The molecule has 0 aromatic heterocycles. The van der Waals surface area contributed by atoms with E-state index in [0.29, 0.717) is 24.8 Å². The topological polar surface area (TPSA) is 64.4 Å². The van der Waals surface area contributed by atoms with E-state index in [0.717, 1.165) is 16.8 Å². The molecule has 0 bridgehead atoms. The molecule has 25 heavy (non-hydrogen) atoms. The van der Waals surface area contributed by atoms with Gasteiger partial charge in [0, 0.05) is 17.8 Å². The average Bonchev–Trinajstić information content (AvgIpc) is 3.15. The summed E-state index contributed by atoms with van der Waals surface area (Å²) in [5, 5.41) is 2.91. The number of rotatable bonds is 6. The van der Waals surface area contributed by atoms with E-state index in [2.05, 4.69) is 5.32 Å². The van der Waals surface area contributed by atoms with Gasteiger partial charge in [-0.1, -0.05) is 37.1 Å². The molecule has 4 nitrogen and oxygen atoms in total. The minimum absolute atomic E-state index is 0.